The minimum absolute atomic E-state index is 0.00198. The van der Waals surface area contributed by atoms with Crippen LogP contribution in [0.1, 0.15) is 104 Å². The fourth-order valence-corrected chi connectivity index (χ4v) is 10.1. The Balaban J connectivity index is 1.26. The number of carbonyl (C=O) groups is 2. The Kier molecular flexibility index (Phi) is 7.40. The highest BCUT2D eigenvalue weighted by molar-refractivity contribution is 7.92. The summed E-state index contributed by atoms with van der Waals surface area (Å²) in [6, 6.07) is 0.0446. The average Bonchev–Trinajstić information content (AvgIpc) is 3.70. The van der Waals surface area contributed by atoms with Crippen LogP contribution in [0, 0.1) is 11.8 Å². The predicted molar refractivity (Wildman–Crippen MR) is 135 cm³/mol. The molecule has 0 aromatic rings. The summed E-state index contributed by atoms with van der Waals surface area (Å²) in [4.78, 5) is 29.9. The van der Waals surface area contributed by atoms with Gasteiger partial charge in [0.15, 0.2) is 9.84 Å². The fourth-order valence-electron chi connectivity index (χ4n) is 7.79. The van der Waals surface area contributed by atoms with E-state index >= 15 is 0 Å². The number of sulfone groups is 1. The Hall–Kier alpha value is -1.31. The minimum Gasteiger partial charge on any atom is -0.446 e. The zero-order valence-corrected chi connectivity index (χ0v) is 22.4. The zero-order valence-electron chi connectivity index (χ0n) is 21.6. The maximum absolute atomic E-state index is 13.4. The van der Waals surface area contributed by atoms with E-state index in [0.717, 1.165) is 83.5 Å². The molecule has 0 aromatic carbocycles. The van der Waals surface area contributed by atoms with E-state index in [-0.39, 0.29) is 46.7 Å². The summed E-state index contributed by atoms with van der Waals surface area (Å²) < 4.78 is 31.5. The molecule has 1 heterocycles. The van der Waals surface area contributed by atoms with Gasteiger partial charge in [0.25, 0.3) is 0 Å². The van der Waals surface area contributed by atoms with Crippen LogP contribution in [0.15, 0.2) is 0 Å². The second-order valence-corrected chi connectivity index (χ2v) is 14.6. The highest BCUT2D eigenvalue weighted by atomic mass is 32.2. The number of piperazine rings is 1. The van der Waals surface area contributed by atoms with Gasteiger partial charge in [-0.2, -0.15) is 0 Å². The first-order chi connectivity index (χ1) is 16.8. The van der Waals surface area contributed by atoms with E-state index in [2.05, 4.69) is 0 Å². The molecule has 0 aromatic heterocycles. The number of ether oxygens (including phenoxy) is 1. The van der Waals surface area contributed by atoms with E-state index in [4.69, 9.17) is 4.74 Å². The molecule has 0 spiro atoms. The molecule has 8 heteroatoms. The van der Waals surface area contributed by atoms with Gasteiger partial charge in [-0.3, -0.25) is 4.79 Å². The van der Waals surface area contributed by atoms with Gasteiger partial charge >= 0.3 is 6.09 Å². The number of carbonyl (C=O) groups excluding carboxylic acids is 2. The Morgan fingerprint density at radius 1 is 0.771 bits per heavy atom. The Labute approximate surface area is 211 Å². The molecule has 5 fully saturated rings. The molecule has 1 saturated heterocycles. The molecule has 0 bridgehead atoms. The molecule has 2 amide bonds. The van der Waals surface area contributed by atoms with E-state index in [9.17, 15) is 18.0 Å². The molecule has 3 unspecified atom stereocenters. The second kappa shape index (κ2) is 10.2. The fraction of sp³-hybridized carbons (Fsp3) is 0.926. The Morgan fingerprint density at radius 2 is 1.37 bits per heavy atom. The largest absolute Gasteiger partial charge is 0.446 e. The van der Waals surface area contributed by atoms with Crippen molar-refractivity contribution in [3.63, 3.8) is 0 Å². The van der Waals surface area contributed by atoms with Crippen LogP contribution in [-0.2, 0) is 19.4 Å². The van der Waals surface area contributed by atoms with Gasteiger partial charge in [-0.05, 0) is 102 Å². The van der Waals surface area contributed by atoms with Crippen molar-refractivity contribution in [2.45, 2.75) is 138 Å². The monoisotopic (exact) mass is 508 g/mol. The summed E-state index contributed by atoms with van der Waals surface area (Å²) in [5, 5.41) is -0.210. The van der Waals surface area contributed by atoms with Crippen LogP contribution < -0.4 is 0 Å². The first-order valence-corrected chi connectivity index (χ1v) is 15.9. The first kappa shape index (κ1) is 25.3. The maximum Gasteiger partial charge on any atom is 0.410 e. The molecular formula is C27H44N2O5S. The lowest BCUT2D eigenvalue weighted by Crippen LogP contribution is -2.67. The summed E-state index contributed by atoms with van der Waals surface area (Å²) >= 11 is 0. The third-order valence-corrected chi connectivity index (χ3v) is 12.6. The molecular weight excluding hydrogens is 464 g/mol. The summed E-state index contributed by atoms with van der Waals surface area (Å²) in [7, 11) is -2.93. The van der Waals surface area contributed by atoms with Gasteiger partial charge in [-0.1, -0.05) is 6.42 Å². The maximum atomic E-state index is 13.4. The molecule has 4 atom stereocenters. The van der Waals surface area contributed by atoms with Crippen LogP contribution in [0.2, 0.25) is 0 Å². The van der Waals surface area contributed by atoms with Crippen molar-refractivity contribution in [3.8, 4) is 0 Å². The third-order valence-electron chi connectivity index (χ3n) is 9.77. The normalized spacial score (nSPS) is 37.0. The lowest BCUT2D eigenvalue weighted by atomic mass is 9.69. The number of rotatable bonds is 4. The highest BCUT2D eigenvalue weighted by Crippen LogP contribution is 2.45. The number of nitrogens with zero attached hydrogens (tertiary/aromatic N) is 2. The highest BCUT2D eigenvalue weighted by Gasteiger charge is 2.49. The average molecular weight is 509 g/mol. The molecule has 1 aliphatic heterocycles. The van der Waals surface area contributed by atoms with Gasteiger partial charge in [0.1, 0.15) is 6.10 Å². The molecule has 0 radical (unpaired) electrons. The summed E-state index contributed by atoms with van der Waals surface area (Å²) in [5.74, 6) is 1.09. The summed E-state index contributed by atoms with van der Waals surface area (Å²) in [5.41, 5.74) is 0. The SMILES string of the molecule is CC(=O)N1C2CCC(C3CCC(S(=O)(=O)C4CC4)CC3)CC2N(C(=O)OC2CCCCC2)C[C@@H]1C. The molecule has 198 valence electrons. The topological polar surface area (TPSA) is 84.0 Å². The quantitative estimate of drug-likeness (QED) is 0.550. The molecule has 35 heavy (non-hydrogen) atoms. The Morgan fingerprint density at radius 3 is 1.97 bits per heavy atom. The van der Waals surface area contributed by atoms with Crippen molar-refractivity contribution in [2.24, 2.45) is 11.8 Å². The van der Waals surface area contributed by atoms with Crippen LogP contribution >= 0.6 is 0 Å². The molecule has 4 saturated carbocycles. The first-order valence-electron chi connectivity index (χ1n) is 14.2. The molecule has 7 nitrogen and oxygen atoms in total. The van der Waals surface area contributed by atoms with Crippen LogP contribution in [0.4, 0.5) is 4.79 Å². The molecule has 4 aliphatic carbocycles. The molecule has 0 N–H and O–H groups in total. The third kappa shape index (κ3) is 5.24. The number of amides is 2. The zero-order chi connectivity index (χ0) is 24.7. The summed E-state index contributed by atoms with van der Waals surface area (Å²) in [6.45, 7) is 4.23. The second-order valence-electron chi connectivity index (χ2n) is 12.1. The molecule has 5 rings (SSSR count). The minimum atomic E-state index is -2.93. The van der Waals surface area contributed by atoms with Crippen molar-refractivity contribution in [1.29, 1.82) is 0 Å². The number of hydrogen-bond donors (Lipinski definition) is 0. The van der Waals surface area contributed by atoms with E-state index in [0.29, 0.717) is 18.4 Å². The lowest BCUT2D eigenvalue weighted by Gasteiger charge is -2.54. The smallest absolute Gasteiger partial charge is 0.410 e. The standard InChI is InChI=1S/C27H44N2O5S/c1-18-17-28(27(31)34-22-6-4-3-5-7-22)26-16-21(10-15-25(26)29(18)19(2)30)20-8-11-23(12-9-20)35(32,33)24-13-14-24/h18,20-26H,3-17H2,1-2H3/t18-,20?,21?,23?,25?,26?/m0/s1. The van der Waals surface area contributed by atoms with Gasteiger partial charge in [0.05, 0.1) is 22.6 Å². The summed E-state index contributed by atoms with van der Waals surface area (Å²) in [6.07, 6.45) is 13.3. The number of hydrogen-bond acceptors (Lipinski definition) is 5. The van der Waals surface area contributed by atoms with Crippen molar-refractivity contribution in [1.82, 2.24) is 9.80 Å². The van der Waals surface area contributed by atoms with Crippen molar-refractivity contribution in [2.75, 3.05) is 6.54 Å². The van der Waals surface area contributed by atoms with Crippen LogP contribution in [0.3, 0.4) is 0 Å². The van der Waals surface area contributed by atoms with Gasteiger partial charge in [-0.15, -0.1) is 0 Å². The molecule has 5 aliphatic rings. The van der Waals surface area contributed by atoms with Crippen LogP contribution in [0.5, 0.6) is 0 Å². The van der Waals surface area contributed by atoms with Gasteiger partial charge < -0.3 is 14.5 Å². The predicted octanol–water partition coefficient (Wildman–Crippen LogP) is 4.68. The van der Waals surface area contributed by atoms with Gasteiger partial charge in [0.2, 0.25) is 5.91 Å². The van der Waals surface area contributed by atoms with Crippen molar-refractivity contribution >= 4 is 21.8 Å². The van der Waals surface area contributed by atoms with Crippen molar-refractivity contribution in [3.05, 3.63) is 0 Å². The van der Waals surface area contributed by atoms with E-state index in [1.54, 1.807) is 6.92 Å². The number of fused-ring (bicyclic) bond motifs is 1. The van der Waals surface area contributed by atoms with E-state index < -0.39 is 9.84 Å². The van der Waals surface area contributed by atoms with Crippen molar-refractivity contribution < 1.29 is 22.7 Å². The van der Waals surface area contributed by atoms with E-state index in [1.165, 1.54) is 6.42 Å². The Bertz CT molecular complexity index is 889. The van der Waals surface area contributed by atoms with Crippen LogP contribution in [0.25, 0.3) is 0 Å². The van der Waals surface area contributed by atoms with Gasteiger partial charge in [0, 0.05) is 19.5 Å². The van der Waals surface area contributed by atoms with Crippen LogP contribution in [-0.4, -0.2) is 71.5 Å². The van der Waals surface area contributed by atoms with Gasteiger partial charge in [-0.25, -0.2) is 13.2 Å². The van der Waals surface area contributed by atoms with E-state index in [1.807, 2.05) is 16.7 Å². The lowest BCUT2D eigenvalue weighted by molar-refractivity contribution is -0.143.